The van der Waals surface area contributed by atoms with Crippen LogP contribution in [0.1, 0.15) is 17.5 Å². The number of benzene rings is 1. The molecule has 2 aromatic rings. The van der Waals surface area contributed by atoms with Crippen molar-refractivity contribution in [1.29, 1.82) is 0 Å². The molecule has 138 valence electrons. The molecule has 0 fully saturated rings. The van der Waals surface area contributed by atoms with Gasteiger partial charge in [-0.25, -0.2) is 4.98 Å². The molecular weight excluding hydrogens is 398 g/mol. The van der Waals surface area contributed by atoms with E-state index < -0.39 is 0 Å². The van der Waals surface area contributed by atoms with Crippen molar-refractivity contribution in [2.24, 2.45) is 10.2 Å². The molecule has 1 heterocycles. The first-order valence-electron chi connectivity index (χ1n) is 8.30. The van der Waals surface area contributed by atoms with Gasteiger partial charge in [-0.1, -0.05) is 11.3 Å². The van der Waals surface area contributed by atoms with Gasteiger partial charge in [0.15, 0.2) is 0 Å². The number of nitrogens with zero attached hydrogens (tertiary/aromatic N) is 5. The van der Waals surface area contributed by atoms with Gasteiger partial charge in [0.05, 0.1) is 45.6 Å². The van der Waals surface area contributed by atoms with Crippen LogP contribution in [0.4, 0.5) is 16.5 Å². The van der Waals surface area contributed by atoms with E-state index in [0.717, 1.165) is 35.5 Å². The summed E-state index contributed by atoms with van der Waals surface area (Å²) in [5, 5.41) is 9.25. The molecule has 2 rings (SSSR count). The van der Waals surface area contributed by atoms with E-state index >= 15 is 0 Å². The Balaban J connectivity index is 0.00000312. The van der Waals surface area contributed by atoms with Gasteiger partial charge in [0.25, 0.3) is 0 Å². The standard InChI is InChI=1S/C18H28N5S.BrH/c1-7-22(12-13-23(4,5)6)17-10-8-16(9-11-17)20-21-18-19-14(2)15(3)24-18;/h8-11H,7,12-13H2,1-6H3;1H/q+1;/p-1. The van der Waals surface area contributed by atoms with Crippen molar-refractivity contribution in [3.8, 4) is 0 Å². The number of thiazole rings is 1. The summed E-state index contributed by atoms with van der Waals surface area (Å²) in [6.45, 7) is 9.39. The monoisotopic (exact) mass is 425 g/mol. The second-order valence-corrected chi connectivity index (χ2v) is 8.13. The van der Waals surface area contributed by atoms with Crippen LogP contribution in [0.5, 0.6) is 0 Å². The minimum absolute atomic E-state index is 0. The fourth-order valence-electron chi connectivity index (χ4n) is 2.22. The molecule has 7 heteroatoms. The van der Waals surface area contributed by atoms with Crippen LogP contribution in [0.3, 0.4) is 0 Å². The predicted molar refractivity (Wildman–Crippen MR) is 103 cm³/mol. The van der Waals surface area contributed by atoms with E-state index in [9.17, 15) is 0 Å². The maximum Gasteiger partial charge on any atom is 0.230 e. The second kappa shape index (κ2) is 9.40. The molecule has 0 radical (unpaired) electrons. The van der Waals surface area contributed by atoms with E-state index in [1.807, 2.05) is 19.1 Å². The highest BCUT2D eigenvalue weighted by molar-refractivity contribution is 7.15. The van der Waals surface area contributed by atoms with E-state index in [4.69, 9.17) is 0 Å². The number of quaternary nitrogens is 1. The number of rotatable bonds is 7. The Morgan fingerprint density at radius 1 is 1.08 bits per heavy atom. The van der Waals surface area contributed by atoms with E-state index in [1.54, 1.807) is 11.3 Å². The maximum atomic E-state index is 4.38. The van der Waals surface area contributed by atoms with Gasteiger partial charge in [0.1, 0.15) is 0 Å². The van der Waals surface area contributed by atoms with Crippen molar-refractivity contribution >= 4 is 27.8 Å². The Labute approximate surface area is 165 Å². The lowest BCUT2D eigenvalue weighted by Gasteiger charge is -2.29. The zero-order valence-electron chi connectivity index (χ0n) is 16.0. The molecule has 25 heavy (non-hydrogen) atoms. The summed E-state index contributed by atoms with van der Waals surface area (Å²) in [6, 6.07) is 8.26. The van der Waals surface area contributed by atoms with Gasteiger partial charge in [0, 0.05) is 17.1 Å². The second-order valence-electron chi connectivity index (χ2n) is 6.95. The number of halogens is 1. The Hall–Kier alpha value is -1.31. The lowest BCUT2D eigenvalue weighted by molar-refractivity contribution is -0.868. The SMILES string of the molecule is CCN(CC[N+](C)(C)C)c1ccc(N=Nc2nc(C)c(C)s2)cc1.[Br-]. The average Bonchev–Trinajstić information content (AvgIpc) is 2.84. The van der Waals surface area contributed by atoms with Crippen molar-refractivity contribution in [2.75, 3.05) is 45.7 Å². The summed E-state index contributed by atoms with van der Waals surface area (Å²) in [5.41, 5.74) is 3.11. The highest BCUT2D eigenvalue weighted by Gasteiger charge is 2.11. The summed E-state index contributed by atoms with van der Waals surface area (Å²) in [5.74, 6) is 0. The predicted octanol–water partition coefficient (Wildman–Crippen LogP) is 1.71. The Bertz CT molecular complexity index is 669. The maximum absolute atomic E-state index is 4.38. The first-order valence-corrected chi connectivity index (χ1v) is 9.11. The van der Waals surface area contributed by atoms with Crippen LogP contribution in [-0.2, 0) is 0 Å². The highest BCUT2D eigenvalue weighted by atomic mass is 79.9. The molecule has 5 nitrogen and oxygen atoms in total. The number of aryl methyl sites for hydroxylation is 2. The lowest BCUT2D eigenvalue weighted by Crippen LogP contribution is -3.00. The summed E-state index contributed by atoms with van der Waals surface area (Å²) < 4.78 is 0.968. The van der Waals surface area contributed by atoms with Gasteiger partial charge in [-0.15, -0.1) is 10.2 Å². The molecule has 0 atom stereocenters. The number of azo groups is 1. The van der Waals surface area contributed by atoms with Gasteiger partial charge >= 0.3 is 0 Å². The van der Waals surface area contributed by atoms with E-state index in [1.165, 1.54) is 10.6 Å². The van der Waals surface area contributed by atoms with Crippen molar-refractivity contribution in [3.63, 3.8) is 0 Å². The van der Waals surface area contributed by atoms with Gasteiger partial charge < -0.3 is 26.4 Å². The zero-order chi connectivity index (χ0) is 17.7. The molecule has 0 saturated carbocycles. The molecule has 0 aliphatic rings. The average molecular weight is 426 g/mol. The molecule has 1 aromatic heterocycles. The van der Waals surface area contributed by atoms with E-state index in [-0.39, 0.29) is 17.0 Å². The molecule has 0 bridgehead atoms. The van der Waals surface area contributed by atoms with E-state index in [2.05, 4.69) is 67.2 Å². The molecule has 0 aliphatic carbocycles. The fourth-order valence-corrected chi connectivity index (χ4v) is 2.95. The van der Waals surface area contributed by atoms with Crippen LogP contribution in [0.25, 0.3) is 0 Å². The molecule has 0 saturated heterocycles. The first kappa shape index (κ1) is 21.7. The Kier molecular flexibility index (Phi) is 8.18. The number of hydrogen-bond acceptors (Lipinski definition) is 5. The first-order chi connectivity index (χ1) is 11.3. The number of hydrogen-bond donors (Lipinski definition) is 0. The zero-order valence-corrected chi connectivity index (χ0v) is 18.4. The summed E-state index contributed by atoms with van der Waals surface area (Å²) in [4.78, 5) is 7.96. The summed E-state index contributed by atoms with van der Waals surface area (Å²) >= 11 is 1.57. The third kappa shape index (κ3) is 6.84. The molecule has 0 unspecified atom stereocenters. The van der Waals surface area contributed by atoms with Crippen LogP contribution in [-0.4, -0.2) is 50.2 Å². The largest absolute Gasteiger partial charge is 1.00 e. The van der Waals surface area contributed by atoms with Crippen molar-refractivity contribution in [1.82, 2.24) is 4.98 Å². The molecule has 0 aliphatic heterocycles. The van der Waals surface area contributed by atoms with Crippen LogP contribution in [0.15, 0.2) is 34.5 Å². The van der Waals surface area contributed by atoms with Crippen molar-refractivity contribution in [3.05, 3.63) is 34.8 Å². The van der Waals surface area contributed by atoms with E-state index in [0.29, 0.717) is 5.13 Å². The minimum atomic E-state index is 0. The Morgan fingerprint density at radius 3 is 2.20 bits per heavy atom. The lowest BCUT2D eigenvalue weighted by atomic mass is 10.2. The topological polar surface area (TPSA) is 40.9 Å². The van der Waals surface area contributed by atoms with Crippen LogP contribution in [0, 0.1) is 13.8 Å². The van der Waals surface area contributed by atoms with Gasteiger partial charge in [-0.05, 0) is 45.0 Å². The third-order valence-corrected chi connectivity index (χ3v) is 4.86. The van der Waals surface area contributed by atoms with Crippen LogP contribution < -0.4 is 21.9 Å². The number of aromatic nitrogens is 1. The Morgan fingerprint density at radius 2 is 1.72 bits per heavy atom. The third-order valence-electron chi connectivity index (χ3n) is 3.91. The number of likely N-dealkylation sites (N-methyl/N-ethyl adjacent to an activating group) is 2. The van der Waals surface area contributed by atoms with Crippen molar-refractivity contribution < 1.29 is 21.5 Å². The number of anilines is 1. The summed E-state index contributed by atoms with van der Waals surface area (Å²) in [7, 11) is 6.66. The molecular formula is C18H28BrN5S. The smallest absolute Gasteiger partial charge is 0.230 e. The summed E-state index contributed by atoms with van der Waals surface area (Å²) in [6.07, 6.45) is 0. The minimum Gasteiger partial charge on any atom is -1.00 e. The van der Waals surface area contributed by atoms with Crippen molar-refractivity contribution in [2.45, 2.75) is 20.8 Å². The molecule has 0 spiro atoms. The van der Waals surface area contributed by atoms with Crippen LogP contribution in [0.2, 0.25) is 0 Å². The van der Waals surface area contributed by atoms with Gasteiger partial charge in [-0.2, -0.15) is 0 Å². The molecule has 0 amide bonds. The normalized spacial score (nSPS) is 11.6. The molecule has 0 N–H and O–H groups in total. The van der Waals surface area contributed by atoms with Gasteiger partial charge in [-0.3, -0.25) is 0 Å². The fraction of sp³-hybridized carbons (Fsp3) is 0.500. The highest BCUT2D eigenvalue weighted by Crippen LogP contribution is 2.26. The van der Waals surface area contributed by atoms with Gasteiger partial charge in [0.2, 0.25) is 5.13 Å². The van der Waals surface area contributed by atoms with Crippen LogP contribution >= 0.6 is 11.3 Å². The molecule has 1 aromatic carbocycles. The quantitative estimate of drug-likeness (QED) is 0.500.